The maximum atomic E-state index is 12.2. The molecule has 4 heteroatoms. The normalized spacial score (nSPS) is 20.2. The number of carbonyl (C=O) groups is 1. The molecule has 1 aromatic rings. The van der Waals surface area contributed by atoms with E-state index in [2.05, 4.69) is 4.90 Å². The standard InChI is InChI=1S/C15H21NO3/c1-18-13-7-5-12(6-8-13)15(17)11-16-9-3-4-14(10-16)19-2/h5-8,14H,3-4,9-11H2,1-2H3. The summed E-state index contributed by atoms with van der Waals surface area (Å²) >= 11 is 0. The minimum atomic E-state index is 0.152. The molecule has 4 nitrogen and oxygen atoms in total. The fraction of sp³-hybridized carbons (Fsp3) is 0.533. The van der Waals surface area contributed by atoms with Gasteiger partial charge in [0.2, 0.25) is 0 Å². The molecule has 1 aromatic carbocycles. The molecule has 2 rings (SSSR count). The van der Waals surface area contributed by atoms with E-state index in [0.717, 1.165) is 37.2 Å². The molecule has 1 unspecified atom stereocenters. The number of nitrogens with zero attached hydrogens (tertiary/aromatic N) is 1. The van der Waals surface area contributed by atoms with E-state index in [4.69, 9.17) is 9.47 Å². The Bertz CT molecular complexity index is 416. The van der Waals surface area contributed by atoms with Crippen molar-refractivity contribution in [3.05, 3.63) is 29.8 Å². The van der Waals surface area contributed by atoms with Crippen LogP contribution in [0.15, 0.2) is 24.3 Å². The van der Waals surface area contributed by atoms with Gasteiger partial charge in [0.15, 0.2) is 5.78 Å². The summed E-state index contributed by atoms with van der Waals surface area (Å²) in [5, 5.41) is 0. The van der Waals surface area contributed by atoms with Gasteiger partial charge in [0.1, 0.15) is 5.75 Å². The number of ketones is 1. The maximum absolute atomic E-state index is 12.2. The smallest absolute Gasteiger partial charge is 0.176 e. The number of likely N-dealkylation sites (tertiary alicyclic amines) is 1. The Balaban J connectivity index is 1.92. The summed E-state index contributed by atoms with van der Waals surface area (Å²) < 4.78 is 10.5. The highest BCUT2D eigenvalue weighted by Crippen LogP contribution is 2.15. The lowest BCUT2D eigenvalue weighted by Crippen LogP contribution is -2.41. The fourth-order valence-corrected chi connectivity index (χ4v) is 2.42. The third-order valence-electron chi connectivity index (χ3n) is 3.57. The van der Waals surface area contributed by atoms with Crippen LogP contribution >= 0.6 is 0 Å². The van der Waals surface area contributed by atoms with Crippen LogP contribution < -0.4 is 4.74 Å². The third kappa shape index (κ3) is 3.78. The lowest BCUT2D eigenvalue weighted by Gasteiger charge is -2.31. The van der Waals surface area contributed by atoms with Gasteiger partial charge in [-0.05, 0) is 43.7 Å². The van der Waals surface area contributed by atoms with Crippen molar-refractivity contribution in [2.45, 2.75) is 18.9 Å². The van der Waals surface area contributed by atoms with Gasteiger partial charge in [0.25, 0.3) is 0 Å². The molecule has 1 heterocycles. The van der Waals surface area contributed by atoms with Gasteiger partial charge in [-0.1, -0.05) is 0 Å². The summed E-state index contributed by atoms with van der Waals surface area (Å²) in [6.45, 7) is 2.28. The zero-order chi connectivity index (χ0) is 13.7. The second kappa shape index (κ2) is 6.68. The van der Waals surface area contributed by atoms with Gasteiger partial charge in [-0.25, -0.2) is 0 Å². The van der Waals surface area contributed by atoms with Crippen molar-refractivity contribution >= 4 is 5.78 Å². The first kappa shape index (κ1) is 14.0. The Kier molecular flexibility index (Phi) is 4.93. The lowest BCUT2D eigenvalue weighted by molar-refractivity contribution is 0.0314. The largest absolute Gasteiger partial charge is 0.497 e. The molecule has 1 fully saturated rings. The number of Topliss-reactive ketones (excluding diaryl/α,β-unsaturated/α-hetero) is 1. The molecule has 0 amide bonds. The van der Waals surface area contributed by atoms with Crippen molar-refractivity contribution in [3.8, 4) is 5.75 Å². The number of carbonyl (C=O) groups excluding carboxylic acids is 1. The van der Waals surface area contributed by atoms with E-state index in [9.17, 15) is 4.79 Å². The molecule has 0 aromatic heterocycles. The minimum absolute atomic E-state index is 0.152. The molecule has 0 aliphatic carbocycles. The second-order valence-electron chi connectivity index (χ2n) is 4.89. The molecule has 1 saturated heterocycles. The molecule has 19 heavy (non-hydrogen) atoms. The molecule has 0 bridgehead atoms. The Morgan fingerprint density at radius 3 is 2.68 bits per heavy atom. The summed E-state index contributed by atoms with van der Waals surface area (Å²) in [5.41, 5.74) is 0.736. The topological polar surface area (TPSA) is 38.8 Å². The molecular formula is C15H21NO3. The molecule has 1 atom stereocenters. The number of piperidine rings is 1. The van der Waals surface area contributed by atoms with Crippen molar-refractivity contribution in [2.75, 3.05) is 33.9 Å². The van der Waals surface area contributed by atoms with E-state index >= 15 is 0 Å². The van der Waals surface area contributed by atoms with Crippen LogP contribution in [0.4, 0.5) is 0 Å². The van der Waals surface area contributed by atoms with Gasteiger partial charge in [0, 0.05) is 19.2 Å². The first-order chi connectivity index (χ1) is 9.22. The monoisotopic (exact) mass is 263 g/mol. The van der Waals surface area contributed by atoms with Crippen LogP contribution in [-0.2, 0) is 4.74 Å². The zero-order valence-corrected chi connectivity index (χ0v) is 11.6. The van der Waals surface area contributed by atoms with Crippen LogP contribution in [0, 0.1) is 0 Å². The van der Waals surface area contributed by atoms with E-state index in [1.54, 1.807) is 14.2 Å². The lowest BCUT2D eigenvalue weighted by atomic mass is 10.1. The van der Waals surface area contributed by atoms with Gasteiger partial charge in [-0.3, -0.25) is 9.69 Å². The van der Waals surface area contributed by atoms with Crippen molar-refractivity contribution in [1.82, 2.24) is 4.90 Å². The number of benzene rings is 1. The Morgan fingerprint density at radius 2 is 2.05 bits per heavy atom. The predicted octanol–water partition coefficient (Wildman–Crippen LogP) is 1.99. The van der Waals surface area contributed by atoms with Gasteiger partial charge in [-0.15, -0.1) is 0 Å². The highest BCUT2D eigenvalue weighted by molar-refractivity contribution is 5.97. The average Bonchev–Trinajstić information content (AvgIpc) is 2.47. The maximum Gasteiger partial charge on any atom is 0.176 e. The molecule has 0 spiro atoms. The minimum Gasteiger partial charge on any atom is -0.497 e. The molecule has 1 aliphatic rings. The number of hydrogen-bond donors (Lipinski definition) is 0. The second-order valence-corrected chi connectivity index (χ2v) is 4.89. The van der Waals surface area contributed by atoms with Crippen LogP contribution in [0.25, 0.3) is 0 Å². The van der Waals surface area contributed by atoms with E-state index in [1.807, 2.05) is 24.3 Å². The van der Waals surface area contributed by atoms with Crippen molar-refractivity contribution in [2.24, 2.45) is 0 Å². The molecule has 0 saturated carbocycles. The molecular weight excluding hydrogens is 242 g/mol. The van der Waals surface area contributed by atoms with Crippen LogP contribution in [-0.4, -0.2) is 50.6 Å². The highest BCUT2D eigenvalue weighted by atomic mass is 16.5. The molecule has 0 N–H and O–H groups in total. The first-order valence-electron chi connectivity index (χ1n) is 6.65. The molecule has 104 valence electrons. The Labute approximate surface area is 114 Å². The van der Waals surface area contributed by atoms with Crippen molar-refractivity contribution in [1.29, 1.82) is 0 Å². The Morgan fingerprint density at radius 1 is 1.32 bits per heavy atom. The summed E-state index contributed by atoms with van der Waals surface area (Å²) in [7, 11) is 3.36. The van der Waals surface area contributed by atoms with Gasteiger partial charge >= 0.3 is 0 Å². The van der Waals surface area contributed by atoms with Crippen molar-refractivity contribution in [3.63, 3.8) is 0 Å². The summed E-state index contributed by atoms with van der Waals surface area (Å²) in [4.78, 5) is 14.4. The number of ether oxygens (including phenoxy) is 2. The van der Waals surface area contributed by atoms with Gasteiger partial charge < -0.3 is 9.47 Å². The summed E-state index contributed by atoms with van der Waals surface area (Å²) in [6.07, 6.45) is 2.44. The van der Waals surface area contributed by atoms with Crippen LogP contribution in [0.5, 0.6) is 5.75 Å². The van der Waals surface area contributed by atoms with Gasteiger partial charge in [-0.2, -0.15) is 0 Å². The van der Waals surface area contributed by atoms with Crippen molar-refractivity contribution < 1.29 is 14.3 Å². The summed E-state index contributed by atoms with van der Waals surface area (Å²) in [5.74, 6) is 0.924. The Hall–Kier alpha value is -1.39. The van der Waals surface area contributed by atoms with E-state index in [1.165, 1.54) is 0 Å². The average molecular weight is 263 g/mol. The van der Waals surface area contributed by atoms with E-state index < -0.39 is 0 Å². The zero-order valence-electron chi connectivity index (χ0n) is 11.6. The molecule has 1 aliphatic heterocycles. The first-order valence-corrected chi connectivity index (χ1v) is 6.65. The highest BCUT2D eigenvalue weighted by Gasteiger charge is 2.21. The van der Waals surface area contributed by atoms with Crippen LogP contribution in [0.3, 0.4) is 0 Å². The molecule has 0 radical (unpaired) electrons. The summed E-state index contributed by atoms with van der Waals surface area (Å²) in [6, 6.07) is 7.28. The van der Waals surface area contributed by atoms with Crippen LogP contribution in [0.1, 0.15) is 23.2 Å². The number of rotatable bonds is 5. The van der Waals surface area contributed by atoms with Crippen LogP contribution in [0.2, 0.25) is 0 Å². The number of hydrogen-bond acceptors (Lipinski definition) is 4. The number of methoxy groups -OCH3 is 2. The van der Waals surface area contributed by atoms with E-state index in [-0.39, 0.29) is 11.9 Å². The predicted molar refractivity (Wildman–Crippen MR) is 73.8 cm³/mol. The van der Waals surface area contributed by atoms with Gasteiger partial charge in [0.05, 0.1) is 19.8 Å². The third-order valence-corrected chi connectivity index (χ3v) is 3.57. The fourth-order valence-electron chi connectivity index (χ4n) is 2.42. The SMILES string of the molecule is COc1ccc(C(=O)CN2CCCC(OC)C2)cc1. The van der Waals surface area contributed by atoms with E-state index in [0.29, 0.717) is 6.54 Å². The quantitative estimate of drug-likeness (QED) is 0.762.